The summed E-state index contributed by atoms with van der Waals surface area (Å²) in [5.41, 5.74) is 2.50. The van der Waals surface area contributed by atoms with Crippen molar-refractivity contribution in [2.24, 2.45) is 0 Å². The van der Waals surface area contributed by atoms with Crippen LogP contribution < -0.4 is 19.9 Å². The SMILES string of the molecule is CCOc1ccccc1N1CC[NH+](CC(=O)Nc2c(Cl)ccc(C)c2Cl)CC1. The van der Waals surface area contributed by atoms with Crippen molar-refractivity contribution in [2.45, 2.75) is 13.8 Å². The number of aryl methyl sites for hydroxylation is 1. The summed E-state index contributed by atoms with van der Waals surface area (Å²) in [4.78, 5) is 16.1. The van der Waals surface area contributed by atoms with Gasteiger partial charge in [0.05, 0.1) is 54.2 Å². The lowest BCUT2D eigenvalue weighted by atomic mass is 10.2. The van der Waals surface area contributed by atoms with E-state index >= 15 is 0 Å². The number of hydrogen-bond donors (Lipinski definition) is 2. The zero-order valence-electron chi connectivity index (χ0n) is 16.2. The maximum Gasteiger partial charge on any atom is 0.279 e. The Bertz CT molecular complexity index is 836. The second-order valence-electron chi connectivity index (χ2n) is 6.92. The number of para-hydroxylation sites is 2. The van der Waals surface area contributed by atoms with Gasteiger partial charge in [-0.25, -0.2) is 0 Å². The van der Waals surface area contributed by atoms with Gasteiger partial charge in [0.15, 0.2) is 6.54 Å². The molecule has 7 heteroatoms. The number of rotatable bonds is 6. The van der Waals surface area contributed by atoms with E-state index in [2.05, 4.69) is 16.3 Å². The van der Waals surface area contributed by atoms with Crippen LogP contribution in [0, 0.1) is 6.92 Å². The van der Waals surface area contributed by atoms with Gasteiger partial charge in [0.1, 0.15) is 5.75 Å². The number of hydrogen-bond acceptors (Lipinski definition) is 3. The number of piperazine rings is 1. The number of carbonyl (C=O) groups excluding carboxylic acids is 1. The lowest BCUT2D eigenvalue weighted by Crippen LogP contribution is -3.15. The Balaban J connectivity index is 1.56. The molecule has 150 valence electrons. The maximum absolute atomic E-state index is 12.5. The summed E-state index contributed by atoms with van der Waals surface area (Å²) in [7, 11) is 0. The first-order chi connectivity index (χ1) is 13.5. The molecule has 1 amide bonds. The van der Waals surface area contributed by atoms with Crippen molar-refractivity contribution in [1.82, 2.24) is 0 Å². The second kappa shape index (κ2) is 9.50. The molecule has 0 aliphatic carbocycles. The molecule has 0 unspecified atom stereocenters. The molecule has 0 saturated carbocycles. The molecule has 0 aromatic heterocycles. The summed E-state index contributed by atoms with van der Waals surface area (Å²) in [6, 6.07) is 11.7. The van der Waals surface area contributed by atoms with Crippen LogP contribution >= 0.6 is 23.2 Å². The Morgan fingerprint density at radius 1 is 1.18 bits per heavy atom. The molecule has 5 nitrogen and oxygen atoms in total. The third kappa shape index (κ3) is 4.90. The van der Waals surface area contributed by atoms with Crippen LogP contribution in [0.15, 0.2) is 36.4 Å². The number of halogens is 2. The first kappa shape index (κ1) is 20.8. The van der Waals surface area contributed by atoms with E-state index in [0.29, 0.717) is 28.9 Å². The van der Waals surface area contributed by atoms with E-state index in [-0.39, 0.29) is 5.91 Å². The first-order valence-corrected chi connectivity index (χ1v) is 10.3. The van der Waals surface area contributed by atoms with Gasteiger partial charge in [0.2, 0.25) is 0 Å². The Hall–Kier alpha value is -1.95. The third-order valence-corrected chi connectivity index (χ3v) is 5.74. The van der Waals surface area contributed by atoms with Gasteiger partial charge in [-0.3, -0.25) is 4.79 Å². The Labute approximate surface area is 176 Å². The maximum atomic E-state index is 12.5. The average Bonchev–Trinajstić information content (AvgIpc) is 2.70. The van der Waals surface area contributed by atoms with Gasteiger partial charge in [-0.15, -0.1) is 0 Å². The molecule has 3 rings (SSSR count). The first-order valence-electron chi connectivity index (χ1n) is 9.54. The monoisotopic (exact) mass is 422 g/mol. The molecule has 2 aromatic carbocycles. The Morgan fingerprint density at radius 2 is 1.89 bits per heavy atom. The summed E-state index contributed by atoms with van der Waals surface area (Å²) < 4.78 is 5.74. The largest absolute Gasteiger partial charge is 0.492 e. The van der Waals surface area contributed by atoms with E-state index in [1.54, 1.807) is 6.07 Å². The fourth-order valence-electron chi connectivity index (χ4n) is 3.42. The summed E-state index contributed by atoms with van der Waals surface area (Å²) >= 11 is 12.5. The minimum atomic E-state index is -0.0763. The topological polar surface area (TPSA) is 46.0 Å². The number of ether oxygens (including phenoxy) is 1. The fraction of sp³-hybridized carbons (Fsp3) is 0.381. The minimum Gasteiger partial charge on any atom is -0.492 e. The van der Waals surface area contributed by atoms with Gasteiger partial charge in [0.25, 0.3) is 5.91 Å². The number of carbonyl (C=O) groups is 1. The smallest absolute Gasteiger partial charge is 0.279 e. The molecule has 1 heterocycles. The Kier molecular flexibility index (Phi) is 7.05. The van der Waals surface area contributed by atoms with E-state index in [4.69, 9.17) is 27.9 Å². The molecule has 0 atom stereocenters. The molecule has 1 fully saturated rings. The van der Waals surface area contributed by atoms with E-state index in [9.17, 15) is 4.79 Å². The average molecular weight is 423 g/mol. The van der Waals surface area contributed by atoms with Crippen LogP contribution in [0.2, 0.25) is 10.0 Å². The molecule has 2 N–H and O–H groups in total. The third-order valence-electron chi connectivity index (χ3n) is 4.94. The molecule has 28 heavy (non-hydrogen) atoms. The van der Waals surface area contributed by atoms with Gasteiger partial charge in [-0.1, -0.05) is 41.4 Å². The molecule has 2 aromatic rings. The number of quaternary nitrogens is 1. The predicted molar refractivity (Wildman–Crippen MR) is 115 cm³/mol. The van der Waals surface area contributed by atoms with Crippen molar-refractivity contribution >= 4 is 40.5 Å². The predicted octanol–water partition coefficient (Wildman–Crippen LogP) is 3.04. The van der Waals surface area contributed by atoms with Crippen molar-refractivity contribution in [3.63, 3.8) is 0 Å². The minimum absolute atomic E-state index is 0.0763. The highest BCUT2D eigenvalue weighted by atomic mass is 35.5. The summed E-state index contributed by atoms with van der Waals surface area (Å²) in [5, 5.41) is 3.83. The van der Waals surface area contributed by atoms with Crippen LogP contribution in [0.5, 0.6) is 5.75 Å². The molecular weight excluding hydrogens is 397 g/mol. The van der Waals surface area contributed by atoms with E-state index in [0.717, 1.165) is 43.2 Å². The van der Waals surface area contributed by atoms with Crippen LogP contribution in [0.4, 0.5) is 11.4 Å². The number of nitrogens with zero attached hydrogens (tertiary/aromatic N) is 1. The summed E-state index contributed by atoms with van der Waals surface area (Å²) in [5.74, 6) is 0.836. The Morgan fingerprint density at radius 3 is 2.61 bits per heavy atom. The number of anilines is 2. The highest BCUT2D eigenvalue weighted by Crippen LogP contribution is 2.32. The van der Waals surface area contributed by atoms with Gasteiger partial charge < -0.3 is 19.9 Å². The van der Waals surface area contributed by atoms with Gasteiger partial charge >= 0.3 is 0 Å². The van der Waals surface area contributed by atoms with Crippen LogP contribution in [0.1, 0.15) is 12.5 Å². The molecular formula is C21H26Cl2N3O2+. The zero-order chi connectivity index (χ0) is 20.1. The van der Waals surface area contributed by atoms with Gasteiger partial charge in [0, 0.05) is 0 Å². The molecule has 0 bridgehead atoms. The summed E-state index contributed by atoms with van der Waals surface area (Å²) in [6.07, 6.45) is 0. The lowest BCUT2D eigenvalue weighted by molar-refractivity contribution is -0.892. The van der Waals surface area contributed by atoms with E-state index in [1.165, 1.54) is 4.90 Å². The fourth-order valence-corrected chi connectivity index (χ4v) is 3.88. The van der Waals surface area contributed by atoms with E-state index < -0.39 is 0 Å². The lowest BCUT2D eigenvalue weighted by Gasteiger charge is -2.34. The van der Waals surface area contributed by atoms with Crippen LogP contribution in [0.3, 0.4) is 0 Å². The quantitative estimate of drug-likeness (QED) is 0.751. The van der Waals surface area contributed by atoms with E-state index in [1.807, 2.05) is 38.1 Å². The van der Waals surface area contributed by atoms with Crippen molar-refractivity contribution in [3.05, 3.63) is 52.0 Å². The van der Waals surface area contributed by atoms with Gasteiger partial charge in [-0.05, 0) is 37.6 Å². The molecule has 1 aliphatic rings. The van der Waals surface area contributed by atoms with Crippen molar-refractivity contribution in [3.8, 4) is 5.75 Å². The highest BCUT2D eigenvalue weighted by molar-refractivity contribution is 6.40. The number of nitrogens with one attached hydrogen (secondary N) is 2. The van der Waals surface area contributed by atoms with Gasteiger partial charge in [-0.2, -0.15) is 0 Å². The van der Waals surface area contributed by atoms with Crippen LogP contribution in [-0.2, 0) is 4.79 Å². The molecule has 0 radical (unpaired) electrons. The second-order valence-corrected chi connectivity index (χ2v) is 7.70. The summed E-state index contributed by atoms with van der Waals surface area (Å²) in [6.45, 7) is 8.42. The molecule has 1 aliphatic heterocycles. The normalized spacial score (nSPS) is 14.8. The van der Waals surface area contributed by atoms with Crippen molar-refractivity contribution in [1.29, 1.82) is 0 Å². The van der Waals surface area contributed by atoms with Crippen LogP contribution in [-0.4, -0.2) is 45.2 Å². The number of amides is 1. The molecule has 1 saturated heterocycles. The highest BCUT2D eigenvalue weighted by Gasteiger charge is 2.24. The molecule has 0 spiro atoms. The zero-order valence-corrected chi connectivity index (χ0v) is 17.7. The standard InChI is InChI=1S/C21H25Cl2N3O2/c1-3-28-18-7-5-4-6-17(18)26-12-10-25(11-13-26)14-19(27)24-21-16(22)9-8-15(2)20(21)23/h4-9H,3,10-14H2,1-2H3,(H,24,27)/p+1. The number of benzene rings is 2. The van der Waals surface area contributed by atoms with Crippen molar-refractivity contribution < 1.29 is 14.4 Å². The van der Waals surface area contributed by atoms with Crippen molar-refractivity contribution in [2.75, 3.05) is 49.5 Å². The van der Waals surface area contributed by atoms with Crippen LogP contribution in [0.25, 0.3) is 0 Å².